The molecule has 0 spiro atoms. The van der Waals surface area contributed by atoms with Gasteiger partial charge in [0.05, 0.1) is 18.9 Å². The molecule has 1 N–H and O–H groups in total. The average molecular weight is 255 g/mol. The molecular formula is C11H17N3O2S. The van der Waals surface area contributed by atoms with Crippen molar-refractivity contribution in [3.05, 3.63) is 17.3 Å². The van der Waals surface area contributed by atoms with Crippen LogP contribution >= 0.6 is 11.3 Å². The molecule has 2 aromatic rings. The van der Waals surface area contributed by atoms with E-state index in [9.17, 15) is 5.11 Å². The molecule has 0 bridgehead atoms. The van der Waals surface area contributed by atoms with E-state index >= 15 is 0 Å². The fourth-order valence-electron chi connectivity index (χ4n) is 1.84. The molecule has 94 valence electrons. The van der Waals surface area contributed by atoms with Crippen LogP contribution in [0.15, 0.2) is 11.6 Å². The summed E-state index contributed by atoms with van der Waals surface area (Å²) in [6, 6.07) is 0. The summed E-state index contributed by atoms with van der Waals surface area (Å²) < 4.78 is 7.03. The zero-order valence-electron chi connectivity index (χ0n) is 10.1. The number of aliphatic hydroxyl groups excluding tert-OH is 1. The summed E-state index contributed by atoms with van der Waals surface area (Å²) in [5.74, 6) is 0.860. The molecule has 0 radical (unpaired) electrons. The van der Waals surface area contributed by atoms with Gasteiger partial charge in [0, 0.05) is 31.8 Å². The number of ether oxygens (including phenoxy) is 1. The number of aliphatic hydroxyl groups is 1. The van der Waals surface area contributed by atoms with Crippen LogP contribution in [0.25, 0.3) is 4.96 Å². The maximum absolute atomic E-state index is 9.48. The number of nitrogens with zero attached hydrogens (tertiary/aromatic N) is 3. The Labute approximate surface area is 104 Å². The Morgan fingerprint density at radius 2 is 2.41 bits per heavy atom. The first-order chi connectivity index (χ1) is 8.31. The summed E-state index contributed by atoms with van der Waals surface area (Å²) in [7, 11) is 1.69. The summed E-state index contributed by atoms with van der Waals surface area (Å²) in [6.45, 7) is 4.36. The van der Waals surface area contributed by atoms with E-state index in [0.29, 0.717) is 6.61 Å². The molecule has 0 fully saturated rings. The van der Waals surface area contributed by atoms with Crippen LogP contribution in [0, 0.1) is 0 Å². The number of anilines is 1. The Morgan fingerprint density at radius 3 is 3.06 bits per heavy atom. The quantitative estimate of drug-likeness (QED) is 0.847. The van der Waals surface area contributed by atoms with E-state index < -0.39 is 0 Å². The standard InChI is InChI=1S/C11H17N3O2S/c1-3-13(4-6-16-2)10-9(8-15)14-5-7-17-11(14)12-10/h5,7,15H,3-4,6,8H2,1-2H3. The number of likely N-dealkylation sites (N-methyl/N-ethyl adjacent to an activating group) is 1. The lowest BCUT2D eigenvalue weighted by Crippen LogP contribution is -2.28. The first-order valence-corrected chi connectivity index (χ1v) is 6.49. The zero-order valence-corrected chi connectivity index (χ0v) is 10.9. The first kappa shape index (κ1) is 12.3. The molecule has 0 aliphatic carbocycles. The molecule has 0 aliphatic rings. The van der Waals surface area contributed by atoms with Crippen LogP contribution in [0.1, 0.15) is 12.6 Å². The average Bonchev–Trinajstić information content (AvgIpc) is 2.90. The second kappa shape index (κ2) is 5.48. The molecular weight excluding hydrogens is 238 g/mol. The van der Waals surface area contributed by atoms with Crippen LogP contribution in [0.2, 0.25) is 0 Å². The number of rotatable bonds is 6. The first-order valence-electron chi connectivity index (χ1n) is 5.61. The summed E-state index contributed by atoms with van der Waals surface area (Å²) in [6.07, 6.45) is 1.94. The summed E-state index contributed by atoms with van der Waals surface area (Å²) in [5, 5.41) is 11.4. The van der Waals surface area contributed by atoms with Crippen LogP contribution in [-0.4, -0.2) is 41.3 Å². The van der Waals surface area contributed by atoms with Crippen molar-refractivity contribution < 1.29 is 9.84 Å². The van der Waals surface area contributed by atoms with Crippen molar-refractivity contribution in [1.82, 2.24) is 9.38 Å². The fraction of sp³-hybridized carbons (Fsp3) is 0.545. The van der Waals surface area contributed by atoms with Crippen molar-refractivity contribution in [3.8, 4) is 0 Å². The summed E-state index contributed by atoms with van der Waals surface area (Å²) in [5.41, 5.74) is 0.846. The van der Waals surface area contributed by atoms with Gasteiger partial charge in [-0.15, -0.1) is 11.3 Å². The minimum absolute atomic E-state index is 0.00326. The fourth-order valence-corrected chi connectivity index (χ4v) is 2.56. The van der Waals surface area contributed by atoms with Gasteiger partial charge in [-0.1, -0.05) is 0 Å². The Bertz CT molecular complexity index is 480. The van der Waals surface area contributed by atoms with E-state index in [1.807, 2.05) is 16.0 Å². The van der Waals surface area contributed by atoms with Gasteiger partial charge in [-0.05, 0) is 6.92 Å². The Morgan fingerprint density at radius 1 is 1.59 bits per heavy atom. The van der Waals surface area contributed by atoms with Gasteiger partial charge in [-0.25, -0.2) is 4.98 Å². The summed E-state index contributed by atoms with van der Waals surface area (Å²) >= 11 is 1.57. The number of hydrogen-bond acceptors (Lipinski definition) is 5. The highest BCUT2D eigenvalue weighted by Crippen LogP contribution is 2.24. The van der Waals surface area contributed by atoms with E-state index in [4.69, 9.17) is 4.74 Å². The molecule has 2 rings (SSSR count). The Hall–Kier alpha value is -1.11. The predicted molar refractivity (Wildman–Crippen MR) is 68.8 cm³/mol. The van der Waals surface area contributed by atoms with Crippen molar-refractivity contribution >= 4 is 22.1 Å². The summed E-state index contributed by atoms with van der Waals surface area (Å²) in [4.78, 5) is 7.60. The predicted octanol–water partition coefficient (Wildman–Crippen LogP) is 1.36. The minimum Gasteiger partial charge on any atom is -0.390 e. The SMILES string of the molecule is CCN(CCOC)c1nc2sccn2c1CO. The van der Waals surface area contributed by atoms with Gasteiger partial charge in [-0.2, -0.15) is 0 Å². The smallest absolute Gasteiger partial charge is 0.195 e. The number of hydrogen-bond donors (Lipinski definition) is 1. The highest BCUT2D eigenvalue weighted by atomic mass is 32.1. The van der Waals surface area contributed by atoms with Crippen LogP contribution in [0.3, 0.4) is 0 Å². The van der Waals surface area contributed by atoms with Crippen molar-refractivity contribution in [2.24, 2.45) is 0 Å². The van der Waals surface area contributed by atoms with E-state index in [1.54, 1.807) is 18.4 Å². The number of imidazole rings is 1. The molecule has 0 saturated heterocycles. The number of fused-ring (bicyclic) bond motifs is 1. The zero-order chi connectivity index (χ0) is 12.3. The molecule has 17 heavy (non-hydrogen) atoms. The molecule has 0 aliphatic heterocycles. The van der Waals surface area contributed by atoms with E-state index in [1.165, 1.54) is 0 Å². The highest BCUT2D eigenvalue weighted by Gasteiger charge is 2.16. The molecule has 5 nitrogen and oxygen atoms in total. The maximum Gasteiger partial charge on any atom is 0.195 e. The second-order valence-corrected chi connectivity index (χ2v) is 4.54. The second-order valence-electron chi connectivity index (χ2n) is 3.67. The molecule has 0 saturated carbocycles. The third-order valence-corrected chi connectivity index (χ3v) is 3.49. The van der Waals surface area contributed by atoms with Gasteiger partial charge in [-0.3, -0.25) is 4.40 Å². The van der Waals surface area contributed by atoms with Gasteiger partial charge in [0.25, 0.3) is 0 Å². The Kier molecular flexibility index (Phi) is 3.98. The molecule has 0 amide bonds. The molecule has 6 heteroatoms. The number of methoxy groups -OCH3 is 1. The van der Waals surface area contributed by atoms with Crippen LogP contribution in [-0.2, 0) is 11.3 Å². The van der Waals surface area contributed by atoms with Gasteiger partial charge in [0.1, 0.15) is 0 Å². The van der Waals surface area contributed by atoms with Gasteiger partial charge in [0.15, 0.2) is 10.8 Å². The largest absolute Gasteiger partial charge is 0.390 e. The highest BCUT2D eigenvalue weighted by molar-refractivity contribution is 7.15. The third kappa shape index (κ3) is 2.29. The van der Waals surface area contributed by atoms with Crippen molar-refractivity contribution in [2.45, 2.75) is 13.5 Å². The molecule has 0 atom stereocenters. The van der Waals surface area contributed by atoms with Gasteiger partial charge >= 0.3 is 0 Å². The number of aromatic nitrogens is 2. The van der Waals surface area contributed by atoms with Crippen molar-refractivity contribution in [3.63, 3.8) is 0 Å². The van der Waals surface area contributed by atoms with Gasteiger partial charge < -0.3 is 14.7 Å². The molecule has 2 aromatic heterocycles. The van der Waals surface area contributed by atoms with E-state index in [0.717, 1.165) is 29.6 Å². The van der Waals surface area contributed by atoms with Crippen LogP contribution in [0.5, 0.6) is 0 Å². The molecule has 2 heterocycles. The lowest BCUT2D eigenvalue weighted by Gasteiger charge is -2.21. The third-order valence-electron chi connectivity index (χ3n) is 2.74. The van der Waals surface area contributed by atoms with Gasteiger partial charge in [0.2, 0.25) is 0 Å². The van der Waals surface area contributed by atoms with Crippen LogP contribution in [0.4, 0.5) is 5.82 Å². The Balaban J connectivity index is 2.34. The maximum atomic E-state index is 9.48. The van der Waals surface area contributed by atoms with E-state index in [-0.39, 0.29) is 6.61 Å². The number of thiazole rings is 1. The topological polar surface area (TPSA) is 50.0 Å². The van der Waals surface area contributed by atoms with Crippen molar-refractivity contribution in [2.75, 3.05) is 31.7 Å². The van der Waals surface area contributed by atoms with Crippen LogP contribution < -0.4 is 4.90 Å². The monoisotopic (exact) mass is 255 g/mol. The van der Waals surface area contributed by atoms with Crippen molar-refractivity contribution in [1.29, 1.82) is 0 Å². The lowest BCUT2D eigenvalue weighted by molar-refractivity contribution is 0.205. The lowest BCUT2D eigenvalue weighted by atomic mass is 10.4. The normalized spacial score (nSPS) is 11.2. The molecule has 0 aromatic carbocycles. The molecule has 0 unspecified atom stereocenters. The minimum atomic E-state index is -0.00326. The van der Waals surface area contributed by atoms with E-state index in [2.05, 4.69) is 16.8 Å².